The van der Waals surface area contributed by atoms with E-state index in [1.807, 2.05) is 0 Å². The van der Waals surface area contributed by atoms with Gasteiger partial charge in [-0.15, -0.1) is 0 Å². The Bertz CT molecular complexity index is 336. The van der Waals surface area contributed by atoms with Gasteiger partial charge in [0.2, 0.25) is 0 Å². The predicted octanol–water partition coefficient (Wildman–Crippen LogP) is -0.0900. The molecule has 0 spiro atoms. The van der Waals surface area contributed by atoms with Gasteiger partial charge >= 0.3 is 5.97 Å². The first kappa shape index (κ1) is 10.1. The van der Waals surface area contributed by atoms with Crippen LogP contribution in [0, 0.1) is 0 Å². The van der Waals surface area contributed by atoms with Crippen LogP contribution in [-0.4, -0.2) is 33.2 Å². The van der Waals surface area contributed by atoms with Crippen LogP contribution in [0.2, 0.25) is 0 Å². The fraction of sp³-hybridized carbons (Fsp3) is 0.125. The van der Waals surface area contributed by atoms with Crippen LogP contribution < -0.4 is 0 Å². The maximum absolute atomic E-state index is 11.0. The van der Waals surface area contributed by atoms with Gasteiger partial charge in [-0.2, -0.15) is 0 Å². The van der Waals surface area contributed by atoms with Crippen molar-refractivity contribution in [3.8, 4) is 17.2 Å². The highest BCUT2D eigenvalue weighted by atomic mass is 16.6. The molecule has 0 aromatic heterocycles. The lowest BCUT2D eigenvalue weighted by molar-refractivity contribution is 0.00676. The number of ether oxygens (including phenoxy) is 1. The highest BCUT2D eigenvalue weighted by Gasteiger charge is 2.13. The van der Waals surface area contributed by atoms with Crippen LogP contribution in [0.1, 0.15) is 10.4 Å². The molecule has 0 bridgehead atoms. The van der Waals surface area contributed by atoms with Gasteiger partial charge in [-0.1, -0.05) is 0 Å². The highest BCUT2D eigenvalue weighted by Crippen LogP contribution is 2.35. The molecule has 1 aromatic carbocycles. The number of phenolic OH excluding ortho intramolecular Hbond substituents is 3. The predicted molar refractivity (Wildman–Crippen MR) is 43.9 cm³/mol. The van der Waals surface area contributed by atoms with E-state index >= 15 is 0 Å². The van der Waals surface area contributed by atoms with E-state index in [2.05, 4.69) is 4.74 Å². The van der Waals surface area contributed by atoms with E-state index in [4.69, 9.17) is 20.4 Å². The number of hydrogen-bond donors (Lipinski definition) is 4. The van der Waals surface area contributed by atoms with Crippen LogP contribution in [0.4, 0.5) is 0 Å². The number of carbonyl (C=O) groups excluding carboxylic acids is 1. The molecule has 0 saturated carbocycles. The molecule has 0 saturated heterocycles. The van der Waals surface area contributed by atoms with E-state index in [1.54, 1.807) is 0 Å². The van der Waals surface area contributed by atoms with Crippen LogP contribution in [-0.2, 0) is 4.74 Å². The van der Waals surface area contributed by atoms with Gasteiger partial charge < -0.3 is 25.2 Å². The third-order valence-corrected chi connectivity index (χ3v) is 1.50. The van der Waals surface area contributed by atoms with Crippen LogP contribution in [0.15, 0.2) is 12.1 Å². The Morgan fingerprint density at radius 1 is 1.21 bits per heavy atom. The molecule has 0 amide bonds. The van der Waals surface area contributed by atoms with Gasteiger partial charge in [0, 0.05) is 0 Å². The minimum absolute atomic E-state index is 0.174. The van der Waals surface area contributed by atoms with Crippen LogP contribution in [0.5, 0.6) is 17.2 Å². The molecule has 6 heteroatoms. The Morgan fingerprint density at radius 2 is 1.71 bits per heavy atom. The summed E-state index contributed by atoms with van der Waals surface area (Å²) in [5.74, 6) is -2.92. The maximum Gasteiger partial charge on any atom is 0.340 e. The quantitative estimate of drug-likeness (QED) is 0.302. The van der Waals surface area contributed by atoms with Crippen molar-refractivity contribution in [1.29, 1.82) is 0 Å². The summed E-state index contributed by atoms with van der Waals surface area (Å²) in [5, 5.41) is 35.3. The molecule has 0 atom stereocenters. The molecular formula is C8H8O6. The van der Waals surface area contributed by atoms with Crippen molar-refractivity contribution in [2.24, 2.45) is 0 Å². The zero-order chi connectivity index (χ0) is 10.7. The second-order valence-corrected chi connectivity index (χ2v) is 2.42. The summed E-state index contributed by atoms with van der Waals surface area (Å²) in [6, 6.07) is 1.82. The Hall–Kier alpha value is -1.95. The molecular weight excluding hydrogens is 192 g/mol. The van der Waals surface area contributed by atoms with Gasteiger partial charge in [0.05, 0.1) is 5.56 Å². The van der Waals surface area contributed by atoms with Crippen molar-refractivity contribution in [2.75, 3.05) is 6.79 Å². The first-order valence-corrected chi connectivity index (χ1v) is 3.59. The first-order chi connectivity index (χ1) is 6.56. The SMILES string of the molecule is O=C(OCO)c1cc(O)c(O)c(O)c1. The largest absolute Gasteiger partial charge is 0.504 e. The number of hydrogen-bond acceptors (Lipinski definition) is 6. The number of aliphatic hydroxyl groups excluding tert-OH is 1. The third kappa shape index (κ3) is 1.86. The van der Waals surface area contributed by atoms with E-state index in [0.29, 0.717) is 0 Å². The molecule has 0 radical (unpaired) electrons. The number of phenols is 3. The smallest absolute Gasteiger partial charge is 0.340 e. The van der Waals surface area contributed by atoms with Gasteiger partial charge in [-0.25, -0.2) is 4.79 Å². The number of aromatic hydroxyl groups is 3. The van der Waals surface area contributed by atoms with E-state index in [1.165, 1.54) is 0 Å². The lowest BCUT2D eigenvalue weighted by atomic mass is 10.2. The van der Waals surface area contributed by atoms with Gasteiger partial charge in [0.1, 0.15) is 0 Å². The Morgan fingerprint density at radius 3 is 2.14 bits per heavy atom. The second kappa shape index (κ2) is 3.84. The number of benzene rings is 1. The van der Waals surface area contributed by atoms with Gasteiger partial charge in [-0.05, 0) is 12.1 Å². The van der Waals surface area contributed by atoms with E-state index < -0.39 is 30.0 Å². The van der Waals surface area contributed by atoms with E-state index in [9.17, 15) is 4.79 Å². The summed E-state index contributed by atoms with van der Waals surface area (Å²) in [6.07, 6.45) is 0. The fourth-order valence-corrected chi connectivity index (χ4v) is 0.864. The van der Waals surface area contributed by atoms with Crippen molar-refractivity contribution in [3.63, 3.8) is 0 Å². The van der Waals surface area contributed by atoms with E-state index in [-0.39, 0.29) is 5.56 Å². The Labute approximate surface area is 78.6 Å². The van der Waals surface area contributed by atoms with Crippen LogP contribution in [0.3, 0.4) is 0 Å². The van der Waals surface area contributed by atoms with E-state index in [0.717, 1.165) is 12.1 Å². The van der Waals surface area contributed by atoms with Gasteiger partial charge in [0.25, 0.3) is 0 Å². The van der Waals surface area contributed by atoms with Gasteiger partial charge in [-0.3, -0.25) is 0 Å². The molecule has 4 N–H and O–H groups in total. The molecule has 0 fully saturated rings. The molecule has 76 valence electrons. The molecule has 0 aliphatic carbocycles. The number of aliphatic hydroxyl groups is 1. The summed E-state index contributed by atoms with van der Waals surface area (Å²) >= 11 is 0. The van der Waals surface area contributed by atoms with Crippen molar-refractivity contribution < 1.29 is 30.0 Å². The topological polar surface area (TPSA) is 107 Å². The molecule has 6 nitrogen and oxygen atoms in total. The average molecular weight is 200 g/mol. The van der Waals surface area contributed by atoms with Crippen LogP contribution >= 0.6 is 0 Å². The van der Waals surface area contributed by atoms with Crippen molar-refractivity contribution >= 4 is 5.97 Å². The summed E-state index contributed by atoms with van der Waals surface area (Å²) in [4.78, 5) is 11.0. The minimum atomic E-state index is -0.918. The zero-order valence-corrected chi connectivity index (χ0v) is 6.97. The highest BCUT2D eigenvalue weighted by molar-refractivity contribution is 5.91. The lowest BCUT2D eigenvalue weighted by Gasteiger charge is -2.04. The summed E-state index contributed by atoms with van der Waals surface area (Å²) in [7, 11) is 0. The molecule has 14 heavy (non-hydrogen) atoms. The standard InChI is InChI=1S/C8H8O6/c9-3-14-8(13)4-1-5(10)7(12)6(11)2-4/h1-2,9-12H,3H2. The van der Waals surface area contributed by atoms with Crippen molar-refractivity contribution in [1.82, 2.24) is 0 Å². The number of carbonyl (C=O) groups is 1. The summed E-state index contributed by atoms with van der Waals surface area (Å²) in [6.45, 7) is -0.804. The van der Waals surface area contributed by atoms with Crippen LogP contribution in [0.25, 0.3) is 0 Å². The second-order valence-electron chi connectivity index (χ2n) is 2.42. The van der Waals surface area contributed by atoms with Crippen molar-refractivity contribution in [2.45, 2.75) is 0 Å². The number of esters is 1. The number of rotatable bonds is 2. The molecule has 1 rings (SSSR count). The lowest BCUT2D eigenvalue weighted by Crippen LogP contribution is -2.05. The fourth-order valence-electron chi connectivity index (χ4n) is 0.864. The maximum atomic E-state index is 11.0. The summed E-state index contributed by atoms with van der Waals surface area (Å²) in [5.41, 5.74) is -0.174. The molecule has 1 aromatic rings. The molecule has 0 aliphatic rings. The first-order valence-electron chi connectivity index (χ1n) is 3.59. The zero-order valence-electron chi connectivity index (χ0n) is 6.97. The Balaban J connectivity index is 3.06. The molecule has 0 unspecified atom stereocenters. The minimum Gasteiger partial charge on any atom is -0.504 e. The van der Waals surface area contributed by atoms with Gasteiger partial charge in [0.15, 0.2) is 24.0 Å². The third-order valence-electron chi connectivity index (χ3n) is 1.50. The normalized spacial score (nSPS) is 9.79. The Kier molecular flexibility index (Phi) is 2.78. The molecule has 0 heterocycles. The monoisotopic (exact) mass is 200 g/mol. The average Bonchev–Trinajstić information content (AvgIpc) is 2.13. The molecule has 0 aliphatic heterocycles. The van der Waals surface area contributed by atoms with Crippen molar-refractivity contribution in [3.05, 3.63) is 17.7 Å². The summed E-state index contributed by atoms with van der Waals surface area (Å²) < 4.78 is 4.19.